The molecule has 4 heteroatoms. The van der Waals surface area contributed by atoms with Gasteiger partial charge in [0.25, 0.3) is 0 Å². The summed E-state index contributed by atoms with van der Waals surface area (Å²) in [6, 6.07) is -0.252. The van der Waals surface area contributed by atoms with E-state index in [1.54, 1.807) is 11.9 Å². The molecular formula is C15H34N2O2. The summed E-state index contributed by atoms with van der Waals surface area (Å²) in [7, 11) is 1.60. The summed E-state index contributed by atoms with van der Waals surface area (Å²) in [5.41, 5.74) is 0. The minimum Gasteiger partial charge on any atom is -0.357 e. The maximum atomic E-state index is 11.4. The van der Waals surface area contributed by atoms with E-state index >= 15 is 0 Å². The van der Waals surface area contributed by atoms with Crippen LogP contribution in [0.2, 0.25) is 0 Å². The Balaban J connectivity index is -0.000000375. The molecule has 116 valence electrons. The van der Waals surface area contributed by atoms with E-state index in [1.165, 1.54) is 6.92 Å². The first-order valence-corrected chi connectivity index (χ1v) is 7.55. The van der Waals surface area contributed by atoms with Crippen LogP contribution in [-0.2, 0) is 9.59 Å². The minimum absolute atomic E-state index is 0.0158. The molecule has 1 aliphatic heterocycles. The molecule has 4 nitrogen and oxygen atoms in total. The van der Waals surface area contributed by atoms with Gasteiger partial charge >= 0.3 is 0 Å². The highest BCUT2D eigenvalue weighted by Crippen LogP contribution is 2.22. The van der Waals surface area contributed by atoms with E-state index in [0.717, 1.165) is 6.42 Å². The normalized spacial score (nSPS) is 19.7. The molecule has 0 spiro atoms. The van der Waals surface area contributed by atoms with E-state index in [-0.39, 0.29) is 17.9 Å². The van der Waals surface area contributed by atoms with Crippen LogP contribution in [-0.4, -0.2) is 36.3 Å². The van der Waals surface area contributed by atoms with Crippen LogP contribution in [0.15, 0.2) is 0 Å². The van der Waals surface area contributed by atoms with Gasteiger partial charge in [-0.15, -0.1) is 0 Å². The lowest BCUT2D eigenvalue weighted by molar-refractivity contribution is -0.136. The molecule has 1 N–H and O–H groups in total. The summed E-state index contributed by atoms with van der Waals surface area (Å²) in [6.07, 6.45) is 0.777. The average molecular weight is 274 g/mol. The molecule has 1 saturated heterocycles. The van der Waals surface area contributed by atoms with Crippen molar-refractivity contribution in [2.24, 2.45) is 5.92 Å². The van der Waals surface area contributed by atoms with Gasteiger partial charge in [-0.1, -0.05) is 48.5 Å². The molecule has 0 aliphatic carbocycles. The van der Waals surface area contributed by atoms with Crippen molar-refractivity contribution in [2.45, 2.75) is 67.9 Å². The molecule has 0 aromatic rings. The Morgan fingerprint density at radius 3 is 1.79 bits per heavy atom. The number of hydrogen-bond donors (Lipinski definition) is 1. The van der Waals surface area contributed by atoms with Gasteiger partial charge in [-0.25, -0.2) is 0 Å². The van der Waals surface area contributed by atoms with Gasteiger partial charge in [0.2, 0.25) is 11.8 Å². The summed E-state index contributed by atoms with van der Waals surface area (Å²) in [5, 5.41) is 2.58. The topological polar surface area (TPSA) is 49.4 Å². The second kappa shape index (κ2) is 15.0. The lowest BCUT2D eigenvalue weighted by Gasteiger charge is -2.21. The van der Waals surface area contributed by atoms with E-state index in [0.29, 0.717) is 12.5 Å². The zero-order valence-electron chi connectivity index (χ0n) is 14.3. The maximum Gasteiger partial charge on any atom is 0.242 e. The van der Waals surface area contributed by atoms with Crippen LogP contribution in [0.1, 0.15) is 61.8 Å². The minimum atomic E-state index is -0.252. The van der Waals surface area contributed by atoms with Crippen molar-refractivity contribution in [3.05, 3.63) is 0 Å². The zero-order chi connectivity index (χ0) is 16.0. The third kappa shape index (κ3) is 8.62. The van der Waals surface area contributed by atoms with Crippen LogP contribution in [0.5, 0.6) is 0 Å². The maximum absolute atomic E-state index is 11.4. The van der Waals surface area contributed by atoms with Crippen LogP contribution in [0, 0.1) is 5.92 Å². The van der Waals surface area contributed by atoms with E-state index < -0.39 is 0 Å². The molecule has 1 aliphatic rings. The van der Waals surface area contributed by atoms with Gasteiger partial charge in [0.15, 0.2) is 0 Å². The molecule has 0 unspecified atom stereocenters. The first-order valence-electron chi connectivity index (χ1n) is 7.55. The summed E-state index contributed by atoms with van der Waals surface area (Å²) in [6.45, 7) is 16.3. The number of rotatable bonds is 1. The molecule has 1 fully saturated rings. The lowest BCUT2D eigenvalue weighted by Crippen LogP contribution is -2.43. The molecule has 2 amide bonds. The van der Waals surface area contributed by atoms with Crippen molar-refractivity contribution in [3.63, 3.8) is 0 Å². The highest BCUT2D eigenvalue weighted by molar-refractivity contribution is 5.87. The second-order valence-corrected chi connectivity index (χ2v) is 3.64. The monoisotopic (exact) mass is 274 g/mol. The SMILES string of the molecule is CC.CC.CC.CNC(=O)[C@@H]1C[C@H](C)CN1C(C)=O. The van der Waals surface area contributed by atoms with Crippen molar-refractivity contribution in [1.82, 2.24) is 10.2 Å². The first kappa shape index (κ1) is 23.1. The molecule has 0 aromatic heterocycles. The van der Waals surface area contributed by atoms with Crippen LogP contribution < -0.4 is 5.32 Å². The van der Waals surface area contributed by atoms with Gasteiger partial charge in [-0.05, 0) is 12.3 Å². The number of nitrogens with zero attached hydrogens (tertiary/aromatic N) is 1. The second-order valence-electron chi connectivity index (χ2n) is 3.64. The number of likely N-dealkylation sites (N-methyl/N-ethyl adjacent to an activating group) is 1. The Kier molecular flexibility index (Phi) is 18.2. The lowest BCUT2D eigenvalue weighted by atomic mass is 10.1. The summed E-state index contributed by atoms with van der Waals surface area (Å²) >= 11 is 0. The van der Waals surface area contributed by atoms with Crippen LogP contribution >= 0.6 is 0 Å². The van der Waals surface area contributed by atoms with Gasteiger partial charge in [0.1, 0.15) is 6.04 Å². The van der Waals surface area contributed by atoms with Gasteiger partial charge in [-0.2, -0.15) is 0 Å². The fourth-order valence-corrected chi connectivity index (χ4v) is 1.81. The van der Waals surface area contributed by atoms with Gasteiger partial charge < -0.3 is 10.2 Å². The molecule has 0 aromatic carbocycles. The Bertz CT molecular complexity index is 230. The predicted molar refractivity (Wildman–Crippen MR) is 83.1 cm³/mol. The average Bonchev–Trinajstić information content (AvgIpc) is 2.87. The number of carbonyl (C=O) groups excluding carboxylic acids is 2. The molecule has 1 heterocycles. The smallest absolute Gasteiger partial charge is 0.242 e. The van der Waals surface area contributed by atoms with Crippen molar-refractivity contribution < 1.29 is 9.59 Å². The molecule has 1 rings (SSSR count). The first-order chi connectivity index (χ1) is 9.06. The highest BCUT2D eigenvalue weighted by atomic mass is 16.2. The largest absolute Gasteiger partial charge is 0.357 e. The number of carbonyl (C=O) groups is 2. The third-order valence-corrected chi connectivity index (χ3v) is 2.46. The summed E-state index contributed by atoms with van der Waals surface area (Å²) in [5.74, 6) is 0.351. The van der Waals surface area contributed by atoms with Gasteiger partial charge in [0, 0.05) is 20.5 Å². The van der Waals surface area contributed by atoms with E-state index in [4.69, 9.17) is 0 Å². The van der Waals surface area contributed by atoms with Gasteiger partial charge in [-0.3, -0.25) is 9.59 Å². The van der Waals surface area contributed by atoms with Crippen molar-refractivity contribution in [3.8, 4) is 0 Å². The molecule has 19 heavy (non-hydrogen) atoms. The molecule has 0 saturated carbocycles. The number of amides is 2. The summed E-state index contributed by atoms with van der Waals surface area (Å²) in [4.78, 5) is 24.2. The third-order valence-electron chi connectivity index (χ3n) is 2.46. The Morgan fingerprint density at radius 1 is 1.05 bits per heavy atom. The molecular weight excluding hydrogens is 240 g/mol. The Hall–Kier alpha value is -1.06. The van der Waals surface area contributed by atoms with E-state index in [1.807, 2.05) is 41.5 Å². The Morgan fingerprint density at radius 2 is 1.47 bits per heavy atom. The highest BCUT2D eigenvalue weighted by Gasteiger charge is 2.35. The molecule has 0 bridgehead atoms. The fourth-order valence-electron chi connectivity index (χ4n) is 1.81. The standard InChI is InChI=1S/C9H16N2O2.3C2H6/c1-6-4-8(9(13)10-3)11(5-6)7(2)12;3*1-2/h6,8H,4-5H2,1-3H3,(H,10,13);3*1-2H3/t6-,8-;;;/m0.../s1. The van der Waals surface area contributed by atoms with Crippen molar-refractivity contribution >= 4 is 11.8 Å². The van der Waals surface area contributed by atoms with E-state index in [2.05, 4.69) is 12.2 Å². The fraction of sp³-hybridized carbons (Fsp3) is 0.867. The van der Waals surface area contributed by atoms with E-state index in [9.17, 15) is 9.59 Å². The number of hydrogen-bond acceptors (Lipinski definition) is 2. The molecule has 2 atom stereocenters. The van der Waals surface area contributed by atoms with Crippen molar-refractivity contribution in [1.29, 1.82) is 0 Å². The van der Waals surface area contributed by atoms with Crippen molar-refractivity contribution in [2.75, 3.05) is 13.6 Å². The Labute approximate surface area is 119 Å². The quantitative estimate of drug-likeness (QED) is 0.799. The summed E-state index contributed by atoms with van der Waals surface area (Å²) < 4.78 is 0. The number of nitrogens with one attached hydrogen (secondary N) is 1. The zero-order valence-corrected chi connectivity index (χ0v) is 14.3. The van der Waals surface area contributed by atoms with Crippen LogP contribution in [0.3, 0.4) is 0 Å². The van der Waals surface area contributed by atoms with Gasteiger partial charge in [0.05, 0.1) is 0 Å². The number of likely N-dealkylation sites (tertiary alicyclic amines) is 1. The van der Waals surface area contributed by atoms with Crippen LogP contribution in [0.25, 0.3) is 0 Å². The van der Waals surface area contributed by atoms with Crippen LogP contribution in [0.4, 0.5) is 0 Å². The molecule has 0 radical (unpaired) electrons. The predicted octanol–water partition coefficient (Wildman–Crippen LogP) is 3.07.